The maximum atomic E-state index is 4.47. The van der Waals surface area contributed by atoms with Crippen LogP contribution in [0.2, 0.25) is 0 Å². The van der Waals surface area contributed by atoms with Crippen LogP contribution in [-0.2, 0) is 13.0 Å². The molecular weight excluding hydrogens is 314 g/mol. The topological polar surface area (TPSA) is 28.2 Å². The summed E-state index contributed by atoms with van der Waals surface area (Å²) >= 11 is 1.94. The molecule has 0 bridgehead atoms. The maximum absolute atomic E-state index is 4.47. The molecular formula is C20H27N3S. The molecule has 2 aromatic heterocycles. The third-order valence-corrected chi connectivity index (χ3v) is 6.56. The van der Waals surface area contributed by atoms with Crippen molar-refractivity contribution in [2.75, 3.05) is 13.1 Å². The van der Waals surface area contributed by atoms with Gasteiger partial charge in [-0.3, -0.25) is 9.88 Å². The lowest BCUT2D eigenvalue weighted by Crippen LogP contribution is -2.49. The summed E-state index contributed by atoms with van der Waals surface area (Å²) in [5.41, 5.74) is 2.76. The fourth-order valence-electron chi connectivity index (χ4n) is 4.26. The predicted molar refractivity (Wildman–Crippen MR) is 100 cm³/mol. The minimum atomic E-state index is 0.579. The molecule has 0 spiro atoms. The zero-order chi connectivity index (χ0) is 16.4. The van der Waals surface area contributed by atoms with Gasteiger partial charge in [0, 0.05) is 42.8 Å². The molecule has 4 rings (SSSR count). The van der Waals surface area contributed by atoms with E-state index in [1.165, 1.54) is 37.9 Å². The molecule has 1 N–H and O–H groups in total. The Balaban J connectivity index is 1.34. The molecule has 3 heterocycles. The third-order valence-electron chi connectivity index (χ3n) is 5.57. The number of thiophene rings is 1. The molecule has 128 valence electrons. The van der Waals surface area contributed by atoms with Gasteiger partial charge in [-0.05, 0) is 60.7 Å². The van der Waals surface area contributed by atoms with E-state index in [-0.39, 0.29) is 0 Å². The average molecular weight is 342 g/mol. The molecule has 1 saturated heterocycles. The molecule has 0 unspecified atom stereocenters. The van der Waals surface area contributed by atoms with Crippen LogP contribution in [0.1, 0.15) is 48.4 Å². The number of piperidine rings is 1. The molecule has 2 aromatic rings. The van der Waals surface area contributed by atoms with E-state index in [1.54, 1.807) is 10.4 Å². The van der Waals surface area contributed by atoms with Crippen molar-refractivity contribution in [1.29, 1.82) is 0 Å². The van der Waals surface area contributed by atoms with E-state index in [0.717, 1.165) is 13.1 Å². The molecule has 0 radical (unpaired) electrons. The van der Waals surface area contributed by atoms with Gasteiger partial charge >= 0.3 is 0 Å². The molecule has 0 aromatic carbocycles. The highest BCUT2D eigenvalue weighted by Gasteiger charge is 2.30. The van der Waals surface area contributed by atoms with Gasteiger partial charge in [-0.2, -0.15) is 0 Å². The minimum Gasteiger partial charge on any atom is -0.307 e. The Morgan fingerprint density at radius 3 is 3.08 bits per heavy atom. The van der Waals surface area contributed by atoms with Crippen LogP contribution in [0.25, 0.3) is 0 Å². The molecule has 3 nitrogen and oxygen atoms in total. The van der Waals surface area contributed by atoms with Gasteiger partial charge in [0.2, 0.25) is 0 Å². The van der Waals surface area contributed by atoms with Crippen LogP contribution in [0, 0.1) is 5.92 Å². The fraction of sp³-hybridized carbons (Fsp3) is 0.550. The first-order valence-electron chi connectivity index (χ1n) is 9.24. The molecule has 3 atom stereocenters. The number of pyridine rings is 1. The quantitative estimate of drug-likeness (QED) is 0.910. The second-order valence-electron chi connectivity index (χ2n) is 7.34. The van der Waals surface area contributed by atoms with Crippen molar-refractivity contribution < 1.29 is 0 Å². The third kappa shape index (κ3) is 3.56. The van der Waals surface area contributed by atoms with E-state index in [0.29, 0.717) is 18.0 Å². The zero-order valence-corrected chi connectivity index (χ0v) is 15.3. The van der Waals surface area contributed by atoms with Gasteiger partial charge in [0.05, 0.1) is 5.69 Å². The summed E-state index contributed by atoms with van der Waals surface area (Å²) in [5.74, 6) is 0.687. The van der Waals surface area contributed by atoms with E-state index in [4.69, 9.17) is 0 Å². The number of nitrogens with one attached hydrogen (secondary N) is 1. The Hall–Kier alpha value is -1.23. The molecule has 1 aliphatic carbocycles. The van der Waals surface area contributed by atoms with Crippen molar-refractivity contribution in [3.05, 3.63) is 52.0 Å². The normalized spacial score (nSPS) is 27.8. The van der Waals surface area contributed by atoms with Gasteiger partial charge in [0.25, 0.3) is 0 Å². The lowest BCUT2D eigenvalue weighted by molar-refractivity contribution is 0.131. The van der Waals surface area contributed by atoms with Gasteiger partial charge in [0.1, 0.15) is 0 Å². The number of hydrogen-bond donors (Lipinski definition) is 1. The predicted octanol–water partition coefficient (Wildman–Crippen LogP) is 4.02. The average Bonchev–Trinajstić information content (AvgIpc) is 3.08. The molecule has 0 amide bonds. The van der Waals surface area contributed by atoms with Gasteiger partial charge in [-0.15, -0.1) is 11.3 Å². The maximum Gasteiger partial charge on any atom is 0.0543 e. The van der Waals surface area contributed by atoms with Crippen molar-refractivity contribution in [1.82, 2.24) is 15.2 Å². The van der Waals surface area contributed by atoms with Gasteiger partial charge in [-0.1, -0.05) is 13.0 Å². The standard InChI is InChI=1S/C20H27N3S/c1-15-13-23(14-16-5-2-3-10-21-16)11-8-18(15)22-19-6-4-7-20-17(19)9-12-24-20/h2-3,5,9-10,12,15,18-19,22H,4,6-8,11,13-14H2,1H3/t15-,18-,19+/m1/s1. The van der Waals surface area contributed by atoms with Crippen LogP contribution in [0.3, 0.4) is 0 Å². The largest absolute Gasteiger partial charge is 0.307 e. The molecule has 1 fully saturated rings. The first-order valence-corrected chi connectivity index (χ1v) is 10.1. The monoisotopic (exact) mass is 341 g/mol. The lowest BCUT2D eigenvalue weighted by Gasteiger charge is -2.39. The van der Waals surface area contributed by atoms with Crippen molar-refractivity contribution in [3.63, 3.8) is 0 Å². The Morgan fingerprint density at radius 1 is 1.29 bits per heavy atom. The zero-order valence-electron chi connectivity index (χ0n) is 14.4. The van der Waals surface area contributed by atoms with Crippen molar-refractivity contribution >= 4 is 11.3 Å². The number of aryl methyl sites for hydroxylation is 1. The summed E-state index contributed by atoms with van der Waals surface area (Å²) in [6.45, 7) is 5.72. The Kier molecular flexibility index (Phi) is 4.97. The number of fused-ring (bicyclic) bond motifs is 1. The summed E-state index contributed by atoms with van der Waals surface area (Å²) in [4.78, 5) is 8.64. The summed E-state index contributed by atoms with van der Waals surface area (Å²) in [6, 6.07) is 9.77. The van der Waals surface area contributed by atoms with Crippen LogP contribution < -0.4 is 5.32 Å². The number of hydrogen-bond acceptors (Lipinski definition) is 4. The van der Waals surface area contributed by atoms with Crippen molar-refractivity contribution in [3.8, 4) is 0 Å². The Labute approximate surface area is 149 Å². The highest BCUT2D eigenvalue weighted by atomic mass is 32.1. The Morgan fingerprint density at radius 2 is 2.25 bits per heavy atom. The highest BCUT2D eigenvalue weighted by molar-refractivity contribution is 7.10. The smallest absolute Gasteiger partial charge is 0.0543 e. The number of aromatic nitrogens is 1. The molecule has 4 heteroatoms. The van der Waals surface area contributed by atoms with Crippen LogP contribution in [0.4, 0.5) is 0 Å². The van der Waals surface area contributed by atoms with E-state index in [1.807, 2.05) is 23.6 Å². The Bertz CT molecular complexity index is 654. The molecule has 24 heavy (non-hydrogen) atoms. The van der Waals surface area contributed by atoms with E-state index < -0.39 is 0 Å². The van der Waals surface area contributed by atoms with Crippen LogP contribution in [0.5, 0.6) is 0 Å². The summed E-state index contributed by atoms with van der Waals surface area (Å²) < 4.78 is 0. The van der Waals surface area contributed by atoms with Crippen LogP contribution in [0.15, 0.2) is 35.8 Å². The van der Waals surface area contributed by atoms with Crippen molar-refractivity contribution in [2.45, 2.75) is 51.2 Å². The van der Waals surface area contributed by atoms with E-state index in [9.17, 15) is 0 Å². The van der Waals surface area contributed by atoms with E-state index >= 15 is 0 Å². The van der Waals surface area contributed by atoms with Crippen LogP contribution >= 0.6 is 11.3 Å². The fourth-order valence-corrected chi connectivity index (χ4v) is 5.25. The first-order chi connectivity index (χ1) is 11.8. The SMILES string of the molecule is C[C@@H]1CN(Cc2ccccn2)CC[C@H]1N[C@H]1CCCc2sccc21. The second-order valence-corrected chi connectivity index (χ2v) is 8.34. The summed E-state index contributed by atoms with van der Waals surface area (Å²) in [5, 5.41) is 6.27. The first kappa shape index (κ1) is 16.2. The number of rotatable bonds is 4. The van der Waals surface area contributed by atoms with Crippen molar-refractivity contribution in [2.24, 2.45) is 5.92 Å². The van der Waals surface area contributed by atoms with Crippen LogP contribution in [-0.4, -0.2) is 29.0 Å². The molecule has 2 aliphatic rings. The number of nitrogens with zero attached hydrogens (tertiary/aromatic N) is 2. The van der Waals surface area contributed by atoms with Gasteiger partial charge < -0.3 is 5.32 Å². The van der Waals surface area contributed by atoms with E-state index in [2.05, 4.69) is 45.7 Å². The second kappa shape index (κ2) is 7.34. The summed E-state index contributed by atoms with van der Waals surface area (Å²) in [6.07, 6.45) is 7.05. The summed E-state index contributed by atoms with van der Waals surface area (Å²) in [7, 11) is 0. The van der Waals surface area contributed by atoms with Gasteiger partial charge in [-0.25, -0.2) is 0 Å². The van der Waals surface area contributed by atoms with Gasteiger partial charge in [0.15, 0.2) is 0 Å². The molecule has 0 saturated carbocycles. The molecule has 1 aliphatic heterocycles. The minimum absolute atomic E-state index is 0.579. The number of likely N-dealkylation sites (tertiary alicyclic amines) is 1. The highest BCUT2D eigenvalue weighted by Crippen LogP contribution is 2.34. The lowest BCUT2D eigenvalue weighted by atomic mass is 9.89.